The van der Waals surface area contributed by atoms with Gasteiger partial charge in [-0.05, 0) is 58.4 Å². The molecule has 1 amide bonds. The van der Waals surface area contributed by atoms with Crippen LogP contribution in [0.4, 0.5) is 4.79 Å². The molecule has 0 spiro atoms. The third-order valence-corrected chi connectivity index (χ3v) is 19.0. The van der Waals surface area contributed by atoms with Gasteiger partial charge >= 0.3 is 6.09 Å². The van der Waals surface area contributed by atoms with Crippen LogP contribution in [0.25, 0.3) is 0 Å². The van der Waals surface area contributed by atoms with Crippen molar-refractivity contribution in [3.63, 3.8) is 0 Å². The van der Waals surface area contributed by atoms with Crippen LogP contribution in [0.5, 0.6) is 0 Å². The molecule has 0 heterocycles. The van der Waals surface area contributed by atoms with Crippen molar-refractivity contribution in [2.24, 2.45) is 0 Å². The van der Waals surface area contributed by atoms with Gasteiger partial charge in [0.05, 0.1) is 12.6 Å². The summed E-state index contributed by atoms with van der Waals surface area (Å²) in [6.45, 7) is 14.5. The van der Waals surface area contributed by atoms with Crippen LogP contribution in [0, 0.1) is 0 Å². The first kappa shape index (κ1) is 27.8. The summed E-state index contributed by atoms with van der Waals surface area (Å²) in [5.74, 6) is 0. The fourth-order valence-electron chi connectivity index (χ4n) is 4.84. The van der Waals surface area contributed by atoms with Gasteiger partial charge in [-0.3, -0.25) is 0 Å². The number of carboxylic acid groups (broad SMARTS) is 1. The third-order valence-electron chi connectivity index (χ3n) is 6.49. The van der Waals surface area contributed by atoms with E-state index in [2.05, 4.69) is 77.0 Å². The molecule has 1 atom stereocenters. The number of aliphatic hydroxyl groups is 1. The lowest BCUT2D eigenvalue weighted by molar-refractivity contribution is 0.0973. The Morgan fingerprint density at radius 3 is 2.06 bits per heavy atom. The molecule has 0 fully saturated rings. The molecule has 4 nitrogen and oxygen atoms in total. The molecule has 0 radical (unpaired) electrons. The molecule has 2 rings (SSSR count). The molecule has 0 saturated heterocycles. The minimum absolute atomic E-state index is 0.00883. The Morgan fingerprint density at radius 2 is 1.58 bits per heavy atom. The second kappa shape index (κ2) is 12.3. The van der Waals surface area contributed by atoms with Crippen LogP contribution in [0.15, 0.2) is 53.4 Å². The molecule has 0 aliphatic carbocycles. The zero-order chi connectivity index (χ0) is 24.8. The van der Waals surface area contributed by atoms with E-state index in [9.17, 15) is 15.0 Å². The number of amides is 1. The van der Waals surface area contributed by atoms with Crippen molar-refractivity contribution in [2.75, 3.05) is 13.1 Å². The largest absolute Gasteiger partial charge is 0.465 e. The van der Waals surface area contributed by atoms with E-state index in [0.29, 0.717) is 40.2 Å². The van der Waals surface area contributed by atoms with Crippen LogP contribution >= 0.6 is 22.8 Å². The first-order chi connectivity index (χ1) is 15.5. The highest BCUT2D eigenvalue weighted by Crippen LogP contribution is 2.51. The Labute approximate surface area is 209 Å². The monoisotopic (exact) mass is 507 g/mol. The normalized spacial score (nSPS) is 13.1. The van der Waals surface area contributed by atoms with Crippen molar-refractivity contribution in [3.05, 3.63) is 64.7 Å². The molecule has 0 unspecified atom stereocenters. The van der Waals surface area contributed by atoms with Crippen molar-refractivity contribution in [1.82, 2.24) is 4.90 Å². The summed E-state index contributed by atoms with van der Waals surface area (Å²) in [6.07, 6.45) is -1.36. The van der Waals surface area contributed by atoms with Gasteiger partial charge in [0.2, 0.25) is 0 Å². The van der Waals surface area contributed by atoms with Crippen LogP contribution < -0.4 is 0 Å². The first-order valence-electron chi connectivity index (χ1n) is 11.7. The van der Waals surface area contributed by atoms with Crippen molar-refractivity contribution in [2.45, 2.75) is 75.6 Å². The van der Waals surface area contributed by atoms with Gasteiger partial charge in [0, 0.05) is 16.5 Å². The number of hydrogen-bond acceptors (Lipinski definition) is 3. The molecular formula is C26H38ClNO3SSi. The number of aliphatic hydroxyl groups excluding tert-OH is 1. The van der Waals surface area contributed by atoms with Gasteiger partial charge < -0.3 is 15.1 Å². The molecule has 7 heteroatoms. The van der Waals surface area contributed by atoms with Gasteiger partial charge in [-0.2, -0.15) is 11.2 Å². The fraction of sp³-hybridized carbons (Fsp3) is 0.500. The van der Waals surface area contributed by atoms with E-state index in [1.54, 1.807) is 24.3 Å². The highest BCUT2D eigenvalue weighted by atomic mass is 35.5. The molecule has 33 heavy (non-hydrogen) atoms. The molecule has 0 aliphatic rings. The lowest BCUT2D eigenvalue weighted by Gasteiger charge is -2.42. The van der Waals surface area contributed by atoms with Gasteiger partial charge in [0.1, 0.15) is 7.22 Å². The second-order valence-electron chi connectivity index (χ2n) is 9.61. The summed E-state index contributed by atoms with van der Waals surface area (Å²) in [6, 6.07) is 15.5. The molecule has 0 saturated carbocycles. The zero-order valence-electron chi connectivity index (χ0n) is 20.6. The number of halogens is 1. The first-order valence-corrected chi connectivity index (χ1v) is 15.8. The van der Waals surface area contributed by atoms with E-state index in [1.807, 2.05) is 0 Å². The smallest absolute Gasteiger partial charge is 0.407 e. The maximum absolute atomic E-state index is 11.7. The van der Waals surface area contributed by atoms with Crippen LogP contribution in [0.2, 0.25) is 21.6 Å². The highest BCUT2D eigenvalue weighted by Gasteiger charge is 2.43. The summed E-state index contributed by atoms with van der Waals surface area (Å²) < 4.78 is 0. The van der Waals surface area contributed by atoms with Crippen molar-refractivity contribution >= 4 is 36.1 Å². The SMILES string of the molecule is CC(C)[Si](Sc1ccc(CCN(C[C@H](O)c2cccc(Cl)c2)C(=O)O)cc1)(C(C)C)C(C)C. The average molecular weight is 508 g/mol. The molecule has 0 aliphatic heterocycles. The predicted molar refractivity (Wildman–Crippen MR) is 143 cm³/mol. The topological polar surface area (TPSA) is 60.8 Å². The van der Waals surface area contributed by atoms with E-state index in [0.717, 1.165) is 5.56 Å². The number of nitrogens with zero attached hydrogens (tertiary/aromatic N) is 1. The summed E-state index contributed by atoms with van der Waals surface area (Å²) in [4.78, 5) is 14.3. The predicted octanol–water partition coefficient (Wildman–Crippen LogP) is 7.86. The highest BCUT2D eigenvalue weighted by molar-refractivity contribution is 8.29. The van der Waals surface area contributed by atoms with Gasteiger partial charge in [0.15, 0.2) is 0 Å². The van der Waals surface area contributed by atoms with E-state index in [-0.39, 0.29) is 6.54 Å². The summed E-state index contributed by atoms with van der Waals surface area (Å²) in [5, 5.41) is 20.6. The number of rotatable bonds is 11. The molecule has 182 valence electrons. The fourth-order valence-corrected chi connectivity index (χ4v) is 14.2. The maximum Gasteiger partial charge on any atom is 0.407 e. The number of carbonyl (C=O) groups is 1. The molecule has 0 aromatic heterocycles. The van der Waals surface area contributed by atoms with Gasteiger partial charge in [-0.25, -0.2) is 4.79 Å². The standard InChI is InChI=1S/C26H38ClNO3SSi/c1-18(2)33(19(3)4,20(5)6)32-24-12-10-21(11-13-24)14-15-28(26(30)31)17-25(29)22-8-7-9-23(27)16-22/h7-13,16,18-20,25,29H,14-15,17H2,1-6H3,(H,30,31)/t25-/m0/s1. The Kier molecular flexibility index (Phi) is 10.3. The molecule has 0 bridgehead atoms. The number of hydrogen-bond donors (Lipinski definition) is 2. The number of benzene rings is 2. The van der Waals surface area contributed by atoms with Crippen LogP contribution in [-0.2, 0) is 6.42 Å². The molecule has 2 aromatic rings. The van der Waals surface area contributed by atoms with E-state index in [1.165, 1.54) is 9.80 Å². The van der Waals surface area contributed by atoms with Gasteiger partial charge in [-0.1, -0.05) is 77.4 Å². The summed E-state index contributed by atoms with van der Waals surface area (Å²) >= 11 is 8.09. The molecule has 2 N–H and O–H groups in total. The Bertz CT molecular complexity index is 883. The molecular weight excluding hydrogens is 470 g/mol. The zero-order valence-corrected chi connectivity index (χ0v) is 23.2. The van der Waals surface area contributed by atoms with Crippen LogP contribution in [-0.4, -0.2) is 41.5 Å². The Morgan fingerprint density at radius 1 is 1.00 bits per heavy atom. The van der Waals surface area contributed by atoms with E-state index < -0.39 is 19.4 Å². The van der Waals surface area contributed by atoms with Gasteiger partial charge in [0.25, 0.3) is 0 Å². The maximum atomic E-state index is 11.7. The summed E-state index contributed by atoms with van der Waals surface area (Å²) in [5.41, 5.74) is 3.74. The quantitative estimate of drug-likeness (QED) is 0.304. The van der Waals surface area contributed by atoms with Crippen LogP contribution in [0.3, 0.4) is 0 Å². The minimum atomic E-state index is -1.60. The second-order valence-corrected chi connectivity index (χ2v) is 18.6. The van der Waals surface area contributed by atoms with Gasteiger partial charge in [-0.15, -0.1) is 0 Å². The van der Waals surface area contributed by atoms with Crippen molar-refractivity contribution in [3.8, 4) is 0 Å². The van der Waals surface area contributed by atoms with E-state index >= 15 is 0 Å². The lowest BCUT2D eigenvalue weighted by atomic mass is 10.1. The third kappa shape index (κ3) is 7.25. The molecule has 2 aromatic carbocycles. The average Bonchev–Trinajstić information content (AvgIpc) is 2.74. The summed E-state index contributed by atoms with van der Waals surface area (Å²) in [7, 11) is -1.60. The van der Waals surface area contributed by atoms with Crippen molar-refractivity contribution in [1.29, 1.82) is 0 Å². The minimum Gasteiger partial charge on any atom is -0.465 e. The van der Waals surface area contributed by atoms with Crippen LogP contribution in [0.1, 0.15) is 58.8 Å². The van der Waals surface area contributed by atoms with Crippen molar-refractivity contribution < 1.29 is 15.0 Å². The Balaban J connectivity index is 2.05. The Hall–Kier alpha value is -1.47. The lowest BCUT2D eigenvalue weighted by Crippen LogP contribution is -2.40. The van der Waals surface area contributed by atoms with E-state index in [4.69, 9.17) is 11.6 Å².